The van der Waals surface area contributed by atoms with Gasteiger partial charge in [-0.05, 0) is 6.08 Å². The Morgan fingerprint density at radius 2 is 2.00 bits per heavy atom. The van der Waals surface area contributed by atoms with Gasteiger partial charge in [0.15, 0.2) is 0 Å². The van der Waals surface area contributed by atoms with Crippen LogP contribution in [0, 0.1) is 0 Å². The number of amides is 1. The molecule has 0 aromatic carbocycles. The van der Waals surface area contributed by atoms with Crippen molar-refractivity contribution in [2.45, 2.75) is 0 Å². The molecule has 3 heteroatoms. The molecule has 0 heterocycles. The average molecular weight is 127 g/mol. The summed E-state index contributed by atoms with van der Waals surface area (Å²) in [5.74, 6) is -0.179. The van der Waals surface area contributed by atoms with Crippen LogP contribution in [-0.2, 0) is 9.59 Å². The minimum absolute atomic E-state index is 0.179. The number of aldehydes is 1. The van der Waals surface area contributed by atoms with E-state index in [9.17, 15) is 9.59 Å². The smallest absolute Gasteiger partial charge is 0.246 e. The van der Waals surface area contributed by atoms with Crippen LogP contribution in [0.25, 0.3) is 0 Å². The minimum Gasteiger partial charge on any atom is -0.345 e. The van der Waals surface area contributed by atoms with Crippen LogP contribution >= 0.6 is 0 Å². The first-order chi connectivity index (χ1) is 4.18. The van der Waals surface area contributed by atoms with Gasteiger partial charge in [-0.25, -0.2) is 0 Å². The zero-order valence-electron chi connectivity index (χ0n) is 5.50. The molecule has 0 aliphatic carbocycles. The Kier molecular flexibility index (Phi) is 3.35. The highest BCUT2D eigenvalue weighted by molar-refractivity contribution is 5.90. The summed E-state index contributed by atoms with van der Waals surface area (Å²) in [6.07, 6.45) is 2.96. The fraction of sp³-hybridized carbons (Fsp3) is 0.333. The van der Waals surface area contributed by atoms with Crippen molar-refractivity contribution in [2.75, 3.05) is 14.1 Å². The molecule has 0 aromatic heterocycles. The number of allylic oxidation sites excluding steroid dienone is 1. The van der Waals surface area contributed by atoms with E-state index in [-0.39, 0.29) is 5.91 Å². The van der Waals surface area contributed by atoms with E-state index in [0.717, 1.165) is 0 Å². The van der Waals surface area contributed by atoms with Crippen molar-refractivity contribution in [1.82, 2.24) is 4.90 Å². The first-order valence-corrected chi connectivity index (χ1v) is 2.51. The number of carbonyl (C=O) groups is 2. The molecule has 1 amide bonds. The van der Waals surface area contributed by atoms with Crippen LogP contribution in [0.4, 0.5) is 0 Å². The molecule has 0 unspecified atom stereocenters. The number of carbonyl (C=O) groups excluding carboxylic acids is 2. The van der Waals surface area contributed by atoms with E-state index >= 15 is 0 Å². The standard InChI is InChI=1S/C6H9NO2/c1-7(2)6(9)4-3-5-8/h3-5H,1-2H3/b4-3-. The quantitative estimate of drug-likeness (QED) is 0.381. The molecule has 0 saturated heterocycles. The third-order valence-electron chi connectivity index (χ3n) is 0.758. The average Bonchev–Trinajstić information content (AvgIpc) is 1.82. The maximum absolute atomic E-state index is 10.6. The Labute approximate surface area is 54.0 Å². The third kappa shape index (κ3) is 3.46. The zero-order valence-corrected chi connectivity index (χ0v) is 5.50. The van der Waals surface area contributed by atoms with E-state index in [4.69, 9.17) is 0 Å². The molecule has 0 rings (SSSR count). The maximum Gasteiger partial charge on any atom is 0.246 e. The first kappa shape index (κ1) is 7.88. The van der Waals surface area contributed by atoms with Crippen LogP contribution in [-0.4, -0.2) is 31.2 Å². The lowest BCUT2D eigenvalue weighted by Gasteiger charge is -2.03. The topological polar surface area (TPSA) is 37.4 Å². The van der Waals surface area contributed by atoms with E-state index in [1.54, 1.807) is 14.1 Å². The Morgan fingerprint density at radius 1 is 1.44 bits per heavy atom. The van der Waals surface area contributed by atoms with Crippen molar-refractivity contribution >= 4 is 12.2 Å². The van der Waals surface area contributed by atoms with Crippen LogP contribution in [0.3, 0.4) is 0 Å². The number of rotatable bonds is 2. The lowest BCUT2D eigenvalue weighted by Crippen LogP contribution is -2.18. The van der Waals surface area contributed by atoms with Crippen LogP contribution in [0.15, 0.2) is 12.2 Å². The summed E-state index contributed by atoms with van der Waals surface area (Å²) in [7, 11) is 3.24. The highest BCUT2D eigenvalue weighted by Crippen LogP contribution is 1.78. The van der Waals surface area contributed by atoms with Crippen LogP contribution in [0.2, 0.25) is 0 Å². The highest BCUT2D eigenvalue weighted by Gasteiger charge is 1.93. The summed E-state index contributed by atoms with van der Waals surface area (Å²) in [6, 6.07) is 0. The zero-order chi connectivity index (χ0) is 7.28. The fourth-order valence-electron chi connectivity index (χ4n) is 0.271. The Hall–Kier alpha value is -1.12. The third-order valence-corrected chi connectivity index (χ3v) is 0.758. The van der Waals surface area contributed by atoms with Gasteiger partial charge in [0.25, 0.3) is 0 Å². The second kappa shape index (κ2) is 3.83. The molecule has 0 saturated carbocycles. The summed E-state index contributed by atoms with van der Waals surface area (Å²) < 4.78 is 0. The second-order valence-corrected chi connectivity index (χ2v) is 1.73. The minimum atomic E-state index is -0.179. The molecule has 0 spiro atoms. The number of hydrogen-bond acceptors (Lipinski definition) is 2. The molecule has 0 atom stereocenters. The van der Waals surface area contributed by atoms with E-state index in [2.05, 4.69) is 0 Å². The molecule has 9 heavy (non-hydrogen) atoms. The van der Waals surface area contributed by atoms with E-state index in [1.165, 1.54) is 17.1 Å². The number of hydrogen-bond donors (Lipinski definition) is 0. The summed E-state index contributed by atoms with van der Waals surface area (Å²) in [5.41, 5.74) is 0. The summed E-state index contributed by atoms with van der Waals surface area (Å²) in [6.45, 7) is 0. The number of nitrogens with zero attached hydrogens (tertiary/aromatic N) is 1. The molecule has 0 bridgehead atoms. The van der Waals surface area contributed by atoms with Crippen molar-refractivity contribution in [2.24, 2.45) is 0 Å². The fourth-order valence-corrected chi connectivity index (χ4v) is 0.271. The van der Waals surface area contributed by atoms with E-state index in [1.807, 2.05) is 0 Å². The Morgan fingerprint density at radius 3 is 2.33 bits per heavy atom. The van der Waals surface area contributed by atoms with Gasteiger partial charge in [-0.1, -0.05) is 0 Å². The Balaban J connectivity index is 3.76. The largest absolute Gasteiger partial charge is 0.345 e. The number of likely N-dealkylation sites (N-methyl/N-ethyl adjacent to an activating group) is 1. The van der Waals surface area contributed by atoms with Gasteiger partial charge >= 0.3 is 0 Å². The molecule has 50 valence electrons. The van der Waals surface area contributed by atoms with E-state index < -0.39 is 0 Å². The van der Waals surface area contributed by atoms with Gasteiger partial charge in [-0.2, -0.15) is 0 Å². The molecule has 0 aliphatic heterocycles. The molecule has 0 N–H and O–H groups in total. The van der Waals surface area contributed by atoms with Gasteiger partial charge < -0.3 is 4.90 Å². The monoisotopic (exact) mass is 127 g/mol. The molecular formula is C6H9NO2. The van der Waals surface area contributed by atoms with Crippen molar-refractivity contribution in [3.8, 4) is 0 Å². The van der Waals surface area contributed by atoms with Crippen LogP contribution < -0.4 is 0 Å². The molecule has 0 fully saturated rings. The predicted octanol–water partition coefficient (Wildman–Crippen LogP) is -0.170. The molecule has 0 aromatic rings. The lowest BCUT2D eigenvalue weighted by atomic mass is 10.5. The van der Waals surface area contributed by atoms with Crippen molar-refractivity contribution < 1.29 is 9.59 Å². The van der Waals surface area contributed by atoms with E-state index in [0.29, 0.717) is 6.29 Å². The van der Waals surface area contributed by atoms with Crippen molar-refractivity contribution in [3.05, 3.63) is 12.2 Å². The van der Waals surface area contributed by atoms with Crippen molar-refractivity contribution in [1.29, 1.82) is 0 Å². The summed E-state index contributed by atoms with van der Waals surface area (Å²) in [4.78, 5) is 21.6. The molecule has 3 nitrogen and oxygen atoms in total. The van der Waals surface area contributed by atoms with Crippen LogP contribution in [0.5, 0.6) is 0 Å². The highest BCUT2D eigenvalue weighted by atomic mass is 16.2. The summed E-state index contributed by atoms with van der Waals surface area (Å²) >= 11 is 0. The van der Waals surface area contributed by atoms with Gasteiger partial charge in [0, 0.05) is 20.2 Å². The molecule has 0 radical (unpaired) electrons. The van der Waals surface area contributed by atoms with Gasteiger partial charge in [0.2, 0.25) is 5.91 Å². The predicted molar refractivity (Wildman–Crippen MR) is 33.9 cm³/mol. The summed E-state index contributed by atoms with van der Waals surface area (Å²) in [5, 5.41) is 0. The second-order valence-electron chi connectivity index (χ2n) is 1.73. The van der Waals surface area contributed by atoms with Gasteiger partial charge in [-0.15, -0.1) is 0 Å². The molecular weight excluding hydrogens is 118 g/mol. The molecule has 0 aliphatic rings. The van der Waals surface area contributed by atoms with Gasteiger partial charge in [0.05, 0.1) is 0 Å². The van der Waals surface area contributed by atoms with Gasteiger partial charge in [-0.3, -0.25) is 9.59 Å². The van der Waals surface area contributed by atoms with Gasteiger partial charge in [0.1, 0.15) is 6.29 Å². The first-order valence-electron chi connectivity index (χ1n) is 2.51. The van der Waals surface area contributed by atoms with Crippen molar-refractivity contribution in [3.63, 3.8) is 0 Å². The normalized spacial score (nSPS) is 9.56. The van der Waals surface area contributed by atoms with Crippen LogP contribution in [0.1, 0.15) is 0 Å². The SMILES string of the molecule is CN(C)C(=O)/C=C\C=O. The Bertz CT molecular complexity index is 138. The maximum atomic E-state index is 10.6. The lowest BCUT2D eigenvalue weighted by molar-refractivity contribution is -0.123.